The standard InChI is InChI=1S/C12H15.3CH3.Sn/c1-5-10-6-8-11(9-7-10)12(2,3)4;;;;/h1,5-9H,2-4H3;3*1H3;. The van der Waals surface area contributed by atoms with Gasteiger partial charge in [-0.2, -0.15) is 0 Å². The van der Waals surface area contributed by atoms with Crippen molar-refractivity contribution < 1.29 is 0 Å². The Balaban J connectivity index is 2.85. The van der Waals surface area contributed by atoms with E-state index >= 15 is 0 Å². The molecule has 88 valence electrons. The van der Waals surface area contributed by atoms with Gasteiger partial charge in [0.2, 0.25) is 0 Å². The van der Waals surface area contributed by atoms with E-state index in [2.05, 4.69) is 70.0 Å². The first-order valence-corrected chi connectivity index (χ1v) is 16.2. The summed E-state index contributed by atoms with van der Waals surface area (Å²) in [6.45, 7) is 6.76. The zero-order chi connectivity index (χ0) is 12.4. The summed E-state index contributed by atoms with van der Waals surface area (Å²) in [5, 5.41) is 0. The fourth-order valence-electron chi connectivity index (χ4n) is 1.44. The molecule has 0 radical (unpaired) electrons. The van der Waals surface area contributed by atoms with Crippen molar-refractivity contribution in [1.29, 1.82) is 0 Å². The molecule has 1 aromatic rings. The molecule has 0 heterocycles. The van der Waals surface area contributed by atoms with E-state index < -0.39 is 18.4 Å². The molecule has 0 N–H and O–H groups in total. The average Bonchev–Trinajstić information content (AvgIpc) is 2.13. The van der Waals surface area contributed by atoms with Crippen LogP contribution < -0.4 is 0 Å². The van der Waals surface area contributed by atoms with Crippen molar-refractivity contribution >= 4 is 24.5 Å². The van der Waals surface area contributed by atoms with E-state index in [1.807, 2.05) is 0 Å². The Bertz CT molecular complexity index is 358. The second-order valence-electron chi connectivity index (χ2n) is 6.57. The maximum atomic E-state index is 2.46. The predicted octanol–water partition coefficient (Wildman–Crippen LogP) is 4.87. The molecule has 0 atom stereocenters. The SMILES string of the molecule is CC(C)(C)c1ccc(/C=[CH]\[Sn]([CH3])([CH3])[CH3])cc1. The Hall–Kier alpha value is -0.241. The van der Waals surface area contributed by atoms with Gasteiger partial charge in [-0.3, -0.25) is 0 Å². The molecule has 0 aromatic heterocycles. The summed E-state index contributed by atoms with van der Waals surface area (Å²) >= 11 is -1.75. The van der Waals surface area contributed by atoms with Crippen LogP contribution in [0, 0.1) is 0 Å². The van der Waals surface area contributed by atoms with Gasteiger partial charge in [0, 0.05) is 0 Å². The third-order valence-electron chi connectivity index (χ3n) is 2.55. The Labute approximate surface area is 105 Å². The van der Waals surface area contributed by atoms with Gasteiger partial charge in [0.1, 0.15) is 0 Å². The molecule has 1 aromatic carbocycles. The van der Waals surface area contributed by atoms with Gasteiger partial charge >= 0.3 is 105 Å². The van der Waals surface area contributed by atoms with E-state index in [0.29, 0.717) is 0 Å². The van der Waals surface area contributed by atoms with Crippen LogP contribution in [0.5, 0.6) is 0 Å². The van der Waals surface area contributed by atoms with E-state index in [9.17, 15) is 0 Å². The quantitative estimate of drug-likeness (QED) is 0.681. The summed E-state index contributed by atoms with van der Waals surface area (Å²) in [5.74, 6) is 0. The molecule has 0 bridgehead atoms. The molecule has 16 heavy (non-hydrogen) atoms. The summed E-state index contributed by atoms with van der Waals surface area (Å²) in [7, 11) is 0. The fraction of sp³-hybridized carbons (Fsp3) is 0.467. The third-order valence-corrected chi connectivity index (χ3v) is 5.88. The third kappa shape index (κ3) is 4.73. The Morgan fingerprint density at radius 1 is 0.938 bits per heavy atom. The van der Waals surface area contributed by atoms with E-state index in [1.165, 1.54) is 11.1 Å². The Morgan fingerprint density at radius 2 is 1.44 bits per heavy atom. The number of rotatable bonds is 2. The molecule has 0 saturated heterocycles. The fourth-order valence-corrected chi connectivity index (χ4v) is 3.42. The minimum atomic E-state index is -1.75. The topological polar surface area (TPSA) is 0 Å². The first-order chi connectivity index (χ1) is 7.18. The van der Waals surface area contributed by atoms with Crippen molar-refractivity contribution in [3.05, 3.63) is 39.5 Å². The van der Waals surface area contributed by atoms with Crippen molar-refractivity contribution in [2.45, 2.75) is 41.0 Å². The summed E-state index contributed by atoms with van der Waals surface area (Å²) in [6.07, 6.45) is 2.29. The maximum absolute atomic E-state index is 2.46. The molecule has 0 fully saturated rings. The molecule has 1 heteroatoms. The summed E-state index contributed by atoms with van der Waals surface area (Å²) in [5.41, 5.74) is 2.99. The van der Waals surface area contributed by atoms with Gasteiger partial charge in [-0.1, -0.05) is 0 Å². The van der Waals surface area contributed by atoms with Crippen LogP contribution in [0.15, 0.2) is 28.4 Å². The van der Waals surface area contributed by atoms with Crippen LogP contribution in [0.2, 0.25) is 14.8 Å². The number of benzene rings is 1. The van der Waals surface area contributed by atoms with E-state index in [4.69, 9.17) is 0 Å². The molecular weight excluding hydrogens is 299 g/mol. The van der Waals surface area contributed by atoms with Gasteiger partial charge in [-0.05, 0) is 0 Å². The molecule has 0 amide bonds. The van der Waals surface area contributed by atoms with Crippen LogP contribution in [-0.4, -0.2) is 18.4 Å². The van der Waals surface area contributed by atoms with Gasteiger partial charge in [-0.15, -0.1) is 0 Å². The van der Waals surface area contributed by atoms with Crippen LogP contribution in [0.1, 0.15) is 31.9 Å². The Kier molecular flexibility index (Phi) is 4.28. The van der Waals surface area contributed by atoms with Gasteiger partial charge in [0.05, 0.1) is 0 Å². The molecule has 0 saturated carbocycles. The van der Waals surface area contributed by atoms with Gasteiger partial charge in [-0.25, -0.2) is 0 Å². The number of hydrogen-bond donors (Lipinski definition) is 0. The van der Waals surface area contributed by atoms with Crippen LogP contribution in [0.25, 0.3) is 6.08 Å². The van der Waals surface area contributed by atoms with Crippen LogP contribution in [0.3, 0.4) is 0 Å². The van der Waals surface area contributed by atoms with E-state index in [-0.39, 0.29) is 5.41 Å². The Morgan fingerprint density at radius 3 is 1.81 bits per heavy atom. The normalized spacial score (nSPS) is 13.4. The van der Waals surface area contributed by atoms with Crippen molar-refractivity contribution in [2.75, 3.05) is 0 Å². The average molecular weight is 323 g/mol. The molecular formula is C15H24Sn. The monoisotopic (exact) mass is 324 g/mol. The molecule has 0 nitrogen and oxygen atoms in total. The molecule has 0 spiro atoms. The van der Waals surface area contributed by atoms with Gasteiger partial charge in [0.15, 0.2) is 0 Å². The summed E-state index contributed by atoms with van der Waals surface area (Å²) < 4.78 is 2.46. The van der Waals surface area contributed by atoms with Crippen molar-refractivity contribution in [3.8, 4) is 0 Å². The first-order valence-electron chi connectivity index (χ1n) is 5.98. The predicted molar refractivity (Wildman–Crippen MR) is 77.5 cm³/mol. The second-order valence-corrected chi connectivity index (χ2v) is 21.0. The van der Waals surface area contributed by atoms with Crippen molar-refractivity contribution in [2.24, 2.45) is 0 Å². The summed E-state index contributed by atoms with van der Waals surface area (Å²) in [6, 6.07) is 8.96. The van der Waals surface area contributed by atoms with Crippen LogP contribution in [-0.2, 0) is 5.41 Å². The van der Waals surface area contributed by atoms with Gasteiger partial charge < -0.3 is 0 Å². The van der Waals surface area contributed by atoms with Crippen LogP contribution in [0.4, 0.5) is 0 Å². The molecule has 0 aliphatic heterocycles. The first kappa shape index (κ1) is 13.8. The van der Waals surface area contributed by atoms with Crippen molar-refractivity contribution in [3.63, 3.8) is 0 Å². The van der Waals surface area contributed by atoms with E-state index in [0.717, 1.165) is 0 Å². The zero-order valence-corrected chi connectivity index (χ0v) is 14.3. The van der Waals surface area contributed by atoms with Gasteiger partial charge in [0.25, 0.3) is 0 Å². The molecule has 0 unspecified atom stereocenters. The second kappa shape index (κ2) is 4.95. The summed E-state index contributed by atoms with van der Waals surface area (Å²) in [4.78, 5) is 7.28. The molecule has 1 rings (SSSR count). The van der Waals surface area contributed by atoms with Crippen LogP contribution >= 0.6 is 0 Å². The zero-order valence-electron chi connectivity index (χ0n) is 11.5. The van der Waals surface area contributed by atoms with Crippen molar-refractivity contribution in [1.82, 2.24) is 0 Å². The molecule has 0 aliphatic rings. The number of hydrogen-bond acceptors (Lipinski definition) is 0. The molecule has 0 aliphatic carbocycles. The minimum absolute atomic E-state index is 0.255. The van der Waals surface area contributed by atoms with E-state index in [1.54, 1.807) is 0 Å².